The first-order chi connectivity index (χ1) is 14.4. The Morgan fingerprint density at radius 3 is 2.83 bits per heavy atom. The van der Waals surface area contributed by atoms with E-state index in [0.29, 0.717) is 29.4 Å². The van der Waals surface area contributed by atoms with Gasteiger partial charge in [0.2, 0.25) is 0 Å². The molecule has 0 bridgehead atoms. The number of anilines is 1. The number of aromatic nitrogens is 3. The minimum absolute atomic E-state index is 0.0203. The fourth-order valence-corrected chi connectivity index (χ4v) is 5.24. The van der Waals surface area contributed by atoms with E-state index in [1.807, 2.05) is 0 Å². The minimum atomic E-state index is -3.81. The standard InChI is InChI=1S/C19H20ClN5O4S/c1-24-11-18(21-12-24)30(27,28)25-9-5-4-8-16(25)17-10-15(23-29-17)19(26)22-14-7-3-2-6-13(14)20/h2-3,6-7,10-12,16H,4-5,8-9H2,1H3,(H,22,26). The molecule has 0 saturated carbocycles. The number of carbonyl (C=O) groups is 1. The number of amides is 1. The highest BCUT2D eigenvalue weighted by Crippen LogP contribution is 2.35. The lowest BCUT2D eigenvalue weighted by atomic mass is 10.0. The second-order valence-corrected chi connectivity index (χ2v) is 9.30. The summed E-state index contributed by atoms with van der Waals surface area (Å²) in [6.07, 6.45) is 5.03. The third-order valence-corrected chi connectivity index (χ3v) is 7.04. The molecule has 0 spiro atoms. The maximum atomic E-state index is 13.1. The van der Waals surface area contributed by atoms with Crippen molar-refractivity contribution in [2.24, 2.45) is 7.05 Å². The second kappa shape index (κ2) is 8.21. The monoisotopic (exact) mass is 449 g/mol. The average Bonchev–Trinajstić information content (AvgIpc) is 3.39. The zero-order chi connectivity index (χ0) is 21.3. The molecule has 1 saturated heterocycles. The molecule has 1 unspecified atom stereocenters. The molecule has 0 radical (unpaired) electrons. The lowest BCUT2D eigenvalue weighted by Crippen LogP contribution is -2.38. The van der Waals surface area contributed by atoms with Crippen LogP contribution in [0.3, 0.4) is 0 Å². The molecule has 4 rings (SSSR count). The first kappa shape index (κ1) is 20.6. The van der Waals surface area contributed by atoms with E-state index in [1.54, 1.807) is 35.9 Å². The van der Waals surface area contributed by atoms with Crippen molar-refractivity contribution in [3.8, 4) is 0 Å². The number of nitrogens with one attached hydrogen (secondary N) is 1. The number of rotatable bonds is 5. The SMILES string of the molecule is Cn1cnc(S(=O)(=O)N2CCCCC2c2cc(C(=O)Nc3ccccc3Cl)no2)c1. The quantitative estimate of drug-likeness (QED) is 0.640. The largest absolute Gasteiger partial charge is 0.359 e. The molecule has 1 amide bonds. The molecule has 3 heterocycles. The van der Waals surface area contributed by atoms with E-state index in [9.17, 15) is 13.2 Å². The Labute approximate surface area is 178 Å². The van der Waals surface area contributed by atoms with Gasteiger partial charge in [-0.05, 0) is 25.0 Å². The van der Waals surface area contributed by atoms with Crippen LogP contribution in [0.4, 0.5) is 5.69 Å². The molecular weight excluding hydrogens is 430 g/mol. The van der Waals surface area contributed by atoms with E-state index in [0.717, 1.165) is 12.8 Å². The van der Waals surface area contributed by atoms with Crippen molar-refractivity contribution in [1.29, 1.82) is 0 Å². The topological polar surface area (TPSA) is 110 Å². The Hall–Kier alpha value is -2.69. The first-order valence-electron chi connectivity index (χ1n) is 9.38. The maximum Gasteiger partial charge on any atom is 0.277 e. The molecule has 2 aromatic heterocycles. The smallest absolute Gasteiger partial charge is 0.277 e. The highest BCUT2D eigenvalue weighted by atomic mass is 35.5. The van der Waals surface area contributed by atoms with Crippen molar-refractivity contribution < 1.29 is 17.7 Å². The van der Waals surface area contributed by atoms with Crippen molar-refractivity contribution in [2.45, 2.75) is 30.3 Å². The number of hydrogen-bond donors (Lipinski definition) is 1. The van der Waals surface area contributed by atoms with Gasteiger partial charge in [0.15, 0.2) is 16.5 Å². The maximum absolute atomic E-state index is 13.1. The number of piperidine rings is 1. The van der Waals surface area contributed by atoms with Crippen LogP contribution >= 0.6 is 11.6 Å². The number of imidazole rings is 1. The molecule has 30 heavy (non-hydrogen) atoms. The summed E-state index contributed by atoms with van der Waals surface area (Å²) >= 11 is 6.07. The minimum Gasteiger partial charge on any atom is -0.359 e. The third kappa shape index (κ3) is 3.98. The lowest BCUT2D eigenvalue weighted by Gasteiger charge is -2.32. The van der Waals surface area contributed by atoms with Crippen LogP contribution in [-0.4, -0.2) is 39.9 Å². The lowest BCUT2D eigenvalue weighted by molar-refractivity contribution is 0.101. The molecule has 158 valence electrons. The summed E-state index contributed by atoms with van der Waals surface area (Å²) < 4.78 is 34.5. The van der Waals surface area contributed by atoms with Gasteiger partial charge in [0.05, 0.1) is 23.1 Å². The predicted octanol–water partition coefficient (Wildman–Crippen LogP) is 3.23. The molecule has 1 aromatic carbocycles. The highest BCUT2D eigenvalue weighted by molar-refractivity contribution is 7.89. The molecule has 1 aliphatic rings. The summed E-state index contributed by atoms with van der Waals surface area (Å²) in [5.41, 5.74) is 0.497. The Morgan fingerprint density at radius 2 is 2.10 bits per heavy atom. The predicted molar refractivity (Wildman–Crippen MR) is 110 cm³/mol. The molecule has 1 fully saturated rings. The van der Waals surface area contributed by atoms with E-state index in [1.165, 1.54) is 22.9 Å². The zero-order valence-electron chi connectivity index (χ0n) is 16.2. The molecule has 9 nitrogen and oxygen atoms in total. The Bertz CT molecular complexity index is 1170. The van der Waals surface area contributed by atoms with Crippen molar-refractivity contribution in [1.82, 2.24) is 19.0 Å². The summed E-state index contributed by atoms with van der Waals surface area (Å²) in [6, 6.07) is 7.75. The average molecular weight is 450 g/mol. The fourth-order valence-electron chi connectivity index (χ4n) is 3.42. The van der Waals surface area contributed by atoms with Gasteiger partial charge in [-0.1, -0.05) is 35.3 Å². The summed E-state index contributed by atoms with van der Waals surface area (Å²) in [7, 11) is -2.10. The summed E-state index contributed by atoms with van der Waals surface area (Å²) in [5.74, 6) is -0.174. The molecule has 0 aliphatic carbocycles. The van der Waals surface area contributed by atoms with Crippen molar-refractivity contribution in [2.75, 3.05) is 11.9 Å². The second-order valence-electron chi connectivity index (χ2n) is 7.05. The van der Waals surface area contributed by atoms with Crippen LogP contribution in [0.15, 0.2) is 52.4 Å². The molecule has 1 atom stereocenters. The van der Waals surface area contributed by atoms with Gasteiger partial charge in [-0.3, -0.25) is 4.79 Å². The van der Waals surface area contributed by atoms with E-state index in [2.05, 4.69) is 15.5 Å². The van der Waals surface area contributed by atoms with Gasteiger partial charge >= 0.3 is 0 Å². The summed E-state index contributed by atoms with van der Waals surface area (Å²) in [4.78, 5) is 16.5. The van der Waals surface area contributed by atoms with Crippen molar-refractivity contribution in [3.63, 3.8) is 0 Å². The Morgan fingerprint density at radius 1 is 1.30 bits per heavy atom. The van der Waals surface area contributed by atoms with Gasteiger partial charge in [-0.2, -0.15) is 4.31 Å². The first-order valence-corrected chi connectivity index (χ1v) is 11.2. The number of benzene rings is 1. The van der Waals surface area contributed by atoms with Gasteiger partial charge in [-0.15, -0.1) is 0 Å². The number of sulfonamides is 1. The normalized spacial score (nSPS) is 17.7. The molecule has 3 aromatic rings. The summed E-state index contributed by atoms with van der Waals surface area (Å²) in [5, 5.41) is 6.89. The number of hydrogen-bond acceptors (Lipinski definition) is 6. The molecule has 11 heteroatoms. The van der Waals surface area contributed by atoms with Crippen LogP contribution in [0.25, 0.3) is 0 Å². The van der Waals surface area contributed by atoms with Crippen LogP contribution < -0.4 is 5.32 Å². The number of aryl methyl sites for hydroxylation is 1. The van der Waals surface area contributed by atoms with Crippen LogP contribution in [0.5, 0.6) is 0 Å². The van der Waals surface area contributed by atoms with Crippen molar-refractivity contribution in [3.05, 3.63) is 59.3 Å². The number of halogens is 1. The molecular formula is C19H20ClN5O4S. The van der Waals surface area contributed by atoms with Gasteiger partial charge in [0.25, 0.3) is 15.9 Å². The van der Waals surface area contributed by atoms with E-state index in [-0.39, 0.29) is 10.7 Å². The van der Waals surface area contributed by atoms with E-state index in [4.69, 9.17) is 16.1 Å². The fraction of sp³-hybridized carbons (Fsp3) is 0.316. The van der Waals surface area contributed by atoms with Gasteiger partial charge in [0.1, 0.15) is 0 Å². The van der Waals surface area contributed by atoms with Crippen molar-refractivity contribution >= 4 is 33.2 Å². The third-order valence-electron chi connectivity index (χ3n) is 4.92. The van der Waals surface area contributed by atoms with E-state index < -0.39 is 22.0 Å². The van der Waals surface area contributed by atoms with Gasteiger partial charge < -0.3 is 14.4 Å². The van der Waals surface area contributed by atoms with Gasteiger partial charge in [-0.25, -0.2) is 13.4 Å². The zero-order valence-corrected chi connectivity index (χ0v) is 17.7. The molecule has 1 aliphatic heterocycles. The Balaban J connectivity index is 1.58. The number of para-hydroxylation sites is 1. The number of carbonyl (C=O) groups excluding carboxylic acids is 1. The molecule has 1 N–H and O–H groups in total. The Kier molecular flexibility index (Phi) is 5.63. The van der Waals surface area contributed by atoms with Crippen LogP contribution in [0, 0.1) is 0 Å². The van der Waals surface area contributed by atoms with Crippen LogP contribution in [0.1, 0.15) is 41.6 Å². The van der Waals surface area contributed by atoms with Crippen LogP contribution in [-0.2, 0) is 17.1 Å². The highest BCUT2D eigenvalue weighted by Gasteiger charge is 2.38. The van der Waals surface area contributed by atoms with Crippen LogP contribution in [0.2, 0.25) is 5.02 Å². The number of nitrogens with zero attached hydrogens (tertiary/aromatic N) is 4. The van der Waals surface area contributed by atoms with E-state index >= 15 is 0 Å². The summed E-state index contributed by atoms with van der Waals surface area (Å²) in [6.45, 7) is 0.339. The van der Waals surface area contributed by atoms with Gasteiger partial charge in [0, 0.05) is 25.9 Å².